The normalized spacial score (nSPS) is 12.8. The van der Waals surface area contributed by atoms with Gasteiger partial charge in [0, 0.05) is 22.3 Å². The maximum Gasteiger partial charge on any atom is 0.266 e. The van der Waals surface area contributed by atoms with Crippen LogP contribution in [-0.2, 0) is 4.79 Å². The number of amides is 1. The first kappa shape index (κ1) is 20.6. The van der Waals surface area contributed by atoms with Gasteiger partial charge in [0.15, 0.2) is 11.5 Å². The summed E-state index contributed by atoms with van der Waals surface area (Å²) < 4.78 is 16.0. The number of halogens is 2. The number of nitriles is 1. The van der Waals surface area contributed by atoms with Crippen molar-refractivity contribution < 1.29 is 19.0 Å². The predicted molar refractivity (Wildman–Crippen MR) is 112 cm³/mol. The first-order valence-corrected chi connectivity index (χ1v) is 9.18. The number of carbonyl (C=O) groups is 1. The van der Waals surface area contributed by atoms with Crippen LogP contribution in [0, 0.1) is 11.3 Å². The lowest BCUT2D eigenvalue weighted by atomic mass is 10.0. The van der Waals surface area contributed by atoms with Gasteiger partial charge in [0.2, 0.25) is 0 Å². The summed E-state index contributed by atoms with van der Waals surface area (Å²) in [6.45, 7) is 0.170. The summed E-state index contributed by atoms with van der Waals surface area (Å²) in [4.78, 5) is 12.5. The minimum Gasteiger partial charge on any atom is -0.493 e. The molecule has 0 aromatic heterocycles. The van der Waals surface area contributed by atoms with Crippen molar-refractivity contribution in [3.63, 3.8) is 0 Å². The Kier molecular flexibility index (Phi) is 6.32. The van der Waals surface area contributed by atoms with Gasteiger partial charge < -0.3 is 19.5 Å². The topological polar surface area (TPSA) is 80.6 Å². The molecule has 1 amide bonds. The molecule has 0 bridgehead atoms. The van der Waals surface area contributed by atoms with Crippen LogP contribution in [0.25, 0.3) is 6.08 Å². The first-order chi connectivity index (χ1) is 13.9. The molecule has 0 spiro atoms. The molecule has 3 rings (SSSR count). The van der Waals surface area contributed by atoms with Crippen molar-refractivity contribution in [2.24, 2.45) is 0 Å². The predicted octanol–water partition coefficient (Wildman–Crippen LogP) is 4.88. The Balaban J connectivity index is 1.84. The fourth-order valence-corrected chi connectivity index (χ4v) is 3.33. The van der Waals surface area contributed by atoms with E-state index in [4.69, 9.17) is 37.4 Å². The second-order valence-electron chi connectivity index (χ2n) is 6.01. The van der Waals surface area contributed by atoms with Crippen LogP contribution in [0.3, 0.4) is 0 Å². The molecule has 2 aromatic carbocycles. The zero-order valence-electron chi connectivity index (χ0n) is 15.6. The smallest absolute Gasteiger partial charge is 0.266 e. The van der Waals surface area contributed by atoms with Crippen molar-refractivity contribution in [2.45, 2.75) is 0 Å². The fourth-order valence-electron chi connectivity index (χ4n) is 2.77. The lowest BCUT2D eigenvalue weighted by molar-refractivity contribution is -0.112. The number of rotatable bonds is 5. The lowest BCUT2D eigenvalue weighted by Gasteiger charge is -2.18. The van der Waals surface area contributed by atoms with Crippen LogP contribution in [0.4, 0.5) is 5.69 Å². The van der Waals surface area contributed by atoms with Crippen LogP contribution >= 0.6 is 23.2 Å². The van der Waals surface area contributed by atoms with E-state index in [1.165, 1.54) is 20.3 Å². The van der Waals surface area contributed by atoms with Gasteiger partial charge >= 0.3 is 0 Å². The highest BCUT2D eigenvalue weighted by atomic mass is 35.5. The van der Waals surface area contributed by atoms with Gasteiger partial charge in [0.25, 0.3) is 5.91 Å². The monoisotopic (exact) mass is 430 g/mol. The van der Waals surface area contributed by atoms with Crippen molar-refractivity contribution in [3.05, 3.63) is 63.2 Å². The lowest BCUT2D eigenvalue weighted by Crippen LogP contribution is -2.15. The number of fused-ring (bicyclic) bond motifs is 1. The third-order valence-electron chi connectivity index (χ3n) is 4.10. The Bertz CT molecular complexity index is 1070. The van der Waals surface area contributed by atoms with E-state index in [9.17, 15) is 10.1 Å². The molecule has 0 aliphatic carbocycles. The van der Waals surface area contributed by atoms with E-state index < -0.39 is 5.91 Å². The van der Waals surface area contributed by atoms with Gasteiger partial charge in [-0.05, 0) is 42.0 Å². The summed E-state index contributed by atoms with van der Waals surface area (Å²) in [5.41, 5.74) is 1.70. The van der Waals surface area contributed by atoms with Crippen LogP contribution < -0.4 is 19.5 Å². The van der Waals surface area contributed by atoms with Gasteiger partial charge in [-0.1, -0.05) is 23.2 Å². The average Bonchev–Trinajstić information content (AvgIpc) is 2.71. The molecule has 0 saturated carbocycles. The van der Waals surface area contributed by atoms with Gasteiger partial charge in [-0.25, -0.2) is 0 Å². The quantitative estimate of drug-likeness (QED) is 0.540. The summed E-state index contributed by atoms with van der Waals surface area (Å²) in [5.74, 6) is 0.945. The third kappa shape index (κ3) is 4.65. The van der Waals surface area contributed by atoms with Crippen LogP contribution in [0.2, 0.25) is 10.0 Å². The number of ether oxygens (including phenoxy) is 3. The first-order valence-electron chi connectivity index (χ1n) is 8.42. The number of nitrogens with zero attached hydrogens (tertiary/aromatic N) is 1. The van der Waals surface area contributed by atoms with Gasteiger partial charge in [0.1, 0.15) is 24.0 Å². The Labute approximate surface area is 177 Å². The Morgan fingerprint density at radius 3 is 2.66 bits per heavy atom. The molecule has 0 unspecified atom stereocenters. The fraction of sp³-hybridized carbons (Fsp3) is 0.143. The molecule has 1 heterocycles. The summed E-state index contributed by atoms with van der Waals surface area (Å²) >= 11 is 12.2. The van der Waals surface area contributed by atoms with Gasteiger partial charge in [-0.3, -0.25) is 4.79 Å². The maximum atomic E-state index is 12.5. The summed E-state index contributed by atoms with van der Waals surface area (Å²) in [7, 11) is 3.01. The molecule has 1 aliphatic rings. The van der Waals surface area contributed by atoms with Crippen molar-refractivity contribution in [2.75, 3.05) is 26.1 Å². The largest absolute Gasteiger partial charge is 0.493 e. The van der Waals surface area contributed by atoms with Crippen LogP contribution in [0.1, 0.15) is 5.56 Å². The van der Waals surface area contributed by atoms with Crippen molar-refractivity contribution in [3.8, 4) is 23.3 Å². The molecule has 2 aromatic rings. The van der Waals surface area contributed by atoms with Crippen molar-refractivity contribution >= 4 is 40.9 Å². The maximum absolute atomic E-state index is 12.5. The van der Waals surface area contributed by atoms with E-state index in [1.54, 1.807) is 36.4 Å². The number of hydrogen-bond acceptors (Lipinski definition) is 5. The van der Waals surface area contributed by atoms with E-state index >= 15 is 0 Å². The standard InChI is InChI=1S/C21H16Cl2N2O4/c1-27-18-4-3-16(9-19(18)28-2)25-21(26)14(10-24)6-12-5-13-7-15(22)8-17(23)20(13)29-11-12/h3-9H,11H2,1-2H3,(H,25,26). The van der Waals surface area contributed by atoms with Gasteiger partial charge in [-0.15, -0.1) is 0 Å². The van der Waals surface area contributed by atoms with E-state index in [0.717, 1.165) is 0 Å². The molecule has 0 saturated heterocycles. The minimum atomic E-state index is -0.560. The molecule has 8 heteroatoms. The molecule has 1 aliphatic heterocycles. The molecule has 29 heavy (non-hydrogen) atoms. The number of benzene rings is 2. The molecule has 0 radical (unpaired) electrons. The summed E-state index contributed by atoms with van der Waals surface area (Å²) in [6, 6.07) is 10.1. The average molecular weight is 431 g/mol. The van der Waals surface area contributed by atoms with E-state index in [1.807, 2.05) is 6.07 Å². The van der Waals surface area contributed by atoms with Crippen molar-refractivity contribution in [1.82, 2.24) is 0 Å². The minimum absolute atomic E-state index is 0.0776. The number of hydrogen-bond donors (Lipinski definition) is 1. The molecule has 1 N–H and O–H groups in total. The Morgan fingerprint density at radius 1 is 1.21 bits per heavy atom. The van der Waals surface area contributed by atoms with E-state index in [-0.39, 0.29) is 12.2 Å². The zero-order chi connectivity index (χ0) is 21.0. The Morgan fingerprint density at radius 2 is 1.97 bits per heavy atom. The van der Waals surface area contributed by atoms with Crippen LogP contribution in [-0.4, -0.2) is 26.7 Å². The molecule has 6 nitrogen and oxygen atoms in total. The molecule has 0 fully saturated rings. The molecule has 148 valence electrons. The highest BCUT2D eigenvalue weighted by Gasteiger charge is 2.17. The van der Waals surface area contributed by atoms with Gasteiger partial charge in [0.05, 0.1) is 19.2 Å². The number of nitrogens with one attached hydrogen (secondary N) is 1. The van der Waals surface area contributed by atoms with E-state index in [0.29, 0.717) is 44.1 Å². The van der Waals surface area contributed by atoms with Crippen LogP contribution in [0.5, 0.6) is 17.2 Å². The molecule has 0 atom stereocenters. The highest BCUT2D eigenvalue weighted by molar-refractivity contribution is 6.36. The SMILES string of the molecule is COc1ccc(NC(=O)C(C#N)=CC2=Cc3cc(Cl)cc(Cl)c3OC2)cc1OC. The van der Waals surface area contributed by atoms with E-state index in [2.05, 4.69) is 5.32 Å². The number of anilines is 1. The third-order valence-corrected chi connectivity index (χ3v) is 4.60. The van der Waals surface area contributed by atoms with Gasteiger partial charge in [-0.2, -0.15) is 5.26 Å². The molecular weight excluding hydrogens is 415 g/mol. The second kappa shape index (κ2) is 8.91. The molecular formula is C21H16Cl2N2O4. The number of carbonyl (C=O) groups excluding carboxylic acids is 1. The highest BCUT2D eigenvalue weighted by Crippen LogP contribution is 2.36. The summed E-state index contributed by atoms with van der Waals surface area (Å²) in [6.07, 6.45) is 3.24. The van der Waals surface area contributed by atoms with Crippen LogP contribution in [0.15, 0.2) is 47.6 Å². The summed E-state index contributed by atoms with van der Waals surface area (Å²) in [5, 5.41) is 13.0. The number of methoxy groups -OCH3 is 2. The zero-order valence-corrected chi connectivity index (χ0v) is 17.1. The second-order valence-corrected chi connectivity index (χ2v) is 6.85. The van der Waals surface area contributed by atoms with Crippen molar-refractivity contribution in [1.29, 1.82) is 5.26 Å². The Hall–Kier alpha value is -3.14.